The number of ether oxygens (including phenoxy) is 2. The smallest absolute Gasteiger partial charge is 0.0749 e. The van der Waals surface area contributed by atoms with E-state index in [4.69, 9.17) is 15.2 Å². The molecule has 0 amide bonds. The molecular formula is C10H21NO2. The Morgan fingerprint density at radius 3 is 2.54 bits per heavy atom. The maximum absolute atomic E-state index is 6.16. The lowest BCUT2D eigenvalue weighted by molar-refractivity contribution is -0.0425. The van der Waals surface area contributed by atoms with Gasteiger partial charge in [-0.1, -0.05) is 0 Å². The summed E-state index contributed by atoms with van der Waals surface area (Å²) in [7, 11) is 0. The lowest BCUT2D eigenvalue weighted by atomic mass is 9.94. The first-order valence-electron chi connectivity index (χ1n) is 4.88. The topological polar surface area (TPSA) is 44.5 Å². The van der Waals surface area contributed by atoms with Crippen LogP contribution in [0.15, 0.2) is 0 Å². The van der Waals surface area contributed by atoms with Gasteiger partial charge in [0.25, 0.3) is 0 Å². The summed E-state index contributed by atoms with van der Waals surface area (Å²) >= 11 is 0. The van der Waals surface area contributed by atoms with Gasteiger partial charge in [-0.15, -0.1) is 0 Å². The van der Waals surface area contributed by atoms with Crippen molar-refractivity contribution >= 4 is 0 Å². The molecule has 0 aliphatic carbocycles. The fourth-order valence-electron chi connectivity index (χ4n) is 1.34. The molecule has 78 valence electrons. The number of rotatable bonds is 2. The van der Waals surface area contributed by atoms with Crippen LogP contribution in [0.2, 0.25) is 0 Å². The van der Waals surface area contributed by atoms with Crippen LogP contribution in [0, 0.1) is 0 Å². The van der Waals surface area contributed by atoms with Gasteiger partial charge in [0, 0.05) is 6.61 Å². The third-order valence-electron chi connectivity index (χ3n) is 2.52. The Bertz CT molecular complexity index is 176. The molecule has 1 aliphatic heterocycles. The Morgan fingerprint density at radius 1 is 1.54 bits per heavy atom. The van der Waals surface area contributed by atoms with E-state index in [2.05, 4.69) is 0 Å². The van der Waals surface area contributed by atoms with Crippen LogP contribution >= 0.6 is 0 Å². The minimum absolute atomic E-state index is 0.106. The van der Waals surface area contributed by atoms with Gasteiger partial charge < -0.3 is 15.2 Å². The molecule has 0 aromatic heterocycles. The summed E-state index contributed by atoms with van der Waals surface area (Å²) in [5.74, 6) is 0. The van der Waals surface area contributed by atoms with Gasteiger partial charge in [0.05, 0.1) is 23.9 Å². The lowest BCUT2D eigenvalue weighted by Gasteiger charge is -2.31. The molecule has 13 heavy (non-hydrogen) atoms. The van der Waals surface area contributed by atoms with Crippen molar-refractivity contribution in [2.24, 2.45) is 5.73 Å². The summed E-state index contributed by atoms with van der Waals surface area (Å²) in [6.45, 7) is 9.46. The van der Waals surface area contributed by atoms with Crippen LogP contribution < -0.4 is 5.73 Å². The Kier molecular flexibility index (Phi) is 3.00. The average molecular weight is 187 g/mol. The van der Waals surface area contributed by atoms with E-state index in [0.717, 1.165) is 13.0 Å². The predicted molar refractivity (Wildman–Crippen MR) is 52.7 cm³/mol. The molecule has 0 spiro atoms. The molecule has 0 aromatic rings. The highest BCUT2D eigenvalue weighted by atomic mass is 16.5. The molecule has 1 fully saturated rings. The molecule has 2 atom stereocenters. The molecule has 2 N–H and O–H groups in total. The van der Waals surface area contributed by atoms with Crippen LogP contribution in [0.25, 0.3) is 0 Å². The fourth-order valence-corrected chi connectivity index (χ4v) is 1.34. The molecule has 0 radical (unpaired) electrons. The van der Waals surface area contributed by atoms with E-state index in [1.807, 2.05) is 27.7 Å². The predicted octanol–water partition coefficient (Wildman–Crippen LogP) is 1.31. The summed E-state index contributed by atoms with van der Waals surface area (Å²) in [5.41, 5.74) is 5.76. The van der Waals surface area contributed by atoms with Crippen LogP contribution in [0.5, 0.6) is 0 Å². The van der Waals surface area contributed by atoms with E-state index in [0.29, 0.717) is 6.61 Å². The summed E-state index contributed by atoms with van der Waals surface area (Å²) in [4.78, 5) is 0. The second-order valence-electron chi connectivity index (χ2n) is 4.90. The monoisotopic (exact) mass is 187 g/mol. The molecule has 1 heterocycles. The molecule has 0 saturated carbocycles. The van der Waals surface area contributed by atoms with E-state index in [-0.39, 0.29) is 17.2 Å². The van der Waals surface area contributed by atoms with E-state index >= 15 is 0 Å². The van der Waals surface area contributed by atoms with Gasteiger partial charge in [0.15, 0.2) is 0 Å². The zero-order valence-corrected chi connectivity index (χ0v) is 9.09. The molecular weight excluding hydrogens is 166 g/mol. The average Bonchev–Trinajstić information content (AvgIpc) is 2.29. The van der Waals surface area contributed by atoms with Crippen molar-refractivity contribution in [2.45, 2.75) is 51.4 Å². The van der Waals surface area contributed by atoms with E-state index in [9.17, 15) is 0 Å². The maximum Gasteiger partial charge on any atom is 0.0749 e. The molecule has 0 aromatic carbocycles. The molecule has 1 rings (SSSR count). The standard InChI is InChI=1S/C10H21NO2/c1-8-10(11,5-6-12-8)7-13-9(2,3)4/h8H,5-7,11H2,1-4H3. The second kappa shape index (κ2) is 3.56. The largest absolute Gasteiger partial charge is 0.376 e. The molecule has 3 heteroatoms. The minimum Gasteiger partial charge on any atom is -0.376 e. The third-order valence-corrected chi connectivity index (χ3v) is 2.52. The maximum atomic E-state index is 6.16. The highest BCUT2D eigenvalue weighted by molar-refractivity contribution is 4.94. The van der Waals surface area contributed by atoms with Crippen LogP contribution in [-0.2, 0) is 9.47 Å². The highest BCUT2D eigenvalue weighted by Gasteiger charge is 2.38. The molecule has 0 bridgehead atoms. The van der Waals surface area contributed by atoms with Crippen molar-refractivity contribution in [2.75, 3.05) is 13.2 Å². The zero-order chi connectivity index (χ0) is 10.1. The van der Waals surface area contributed by atoms with E-state index in [1.165, 1.54) is 0 Å². The fraction of sp³-hybridized carbons (Fsp3) is 1.00. The SMILES string of the molecule is CC1OCCC1(N)COC(C)(C)C. The van der Waals surface area contributed by atoms with E-state index < -0.39 is 0 Å². The van der Waals surface area contributed by atoms with Gasteiger partial charge in [-0.2, -0.15) is 0 Å². The second-order valence-corrected chi connectivity index (χ2v) is 4.90. The zero-order valence-electron chi connectivity index (χ0n) is 9.09. The van der Waals surface area contributed by atoms with Gasteiger partial charge in [0.1, 0.15) is 0 Å². The van der Waals surface area contributed by atoms with Gasteiger partial charge in [-0.25, -0.2) is 0 Å². The number of nitrogens with two attached hydrogens (primary N) is 1. The van der Waals surface area contributed by atoms with Crippen LogP contribution in [0.1, 0.15) is 34.1 Å². The Morgan fingerprint density at radius 2 is 2.15 bits per heavy atom. The Hall–Kier alpha value is -0.120. The van der Waals surface area contributed by atoms with E-state index in [1.54, 1.807) is 0 Å². The molecule has 2 unspecified atom stereocenters. The lowest BCUT2D eigenvalue weighted by Crippen LogP contribution is -2.51. The summed E-state index contributed by atoms with van der Waals surface area (Å²) in [6.07, 6.45) is 0.999. The molecule has 1 aliphatic rings. The van der Waals surface area contributed by atoms with Crippen molar-refractivity contribution in [3.63, 3.8) is 0 Å². The van der Waals surface area contributed by atoms with Crippen molar-refractivity contribution < 1.29 is 9.47 Å². The molecule has 1 saturated heterocycles. The first-order valence-corrected chi connectivity index (χ1v) is 4.88. The number of hydrogen-bond donors (Lipinski definition) is 1. The summed E-state index contributed by atoms with van der Waals surface area (Å²) in [6, 6.07) is 0. The van der Waals surface area contributed by atoms with Gasteiger partial charge >= 0.3 is 0 Å². The van der Waals surface area contributed by atoms with Crippen molar-refractivity contribution in [3.05, 3.63) is 0 Å². The summed E-state index contributed by atoms with van der Waals surface area (Å²) in [5, 5.41) is 0. The number of hydrogen-bond acceptors (Lipinski definition) is 3. The van der Waals surface area contributed by atoms with Crippen molar-refractivity contribution in [1.82, 2.24) is 0 Å². The van der Waals surface area contributed by atoms with Gasteiger partial charge in [-0.05, 0) is 34.1 Å². The quantitative estimate of drug-likeness (QED) is 0.709. The first-order chi connectivity index (χ1) is 5.83. The Labute approximate surface area is 80.6 Å². The first kappa shape index (κ1) is 11.0. The van der Waals surface area contributed by atoms with Gasteiger partial charge in [0.2, 0.25) is 0 Å². The summed E-state index contributed by atoms with van der Waals surface area (Å²) < 4.78 is 11.1. The third kappa shape index (κ3) is 2.93. The highest BCUT2D eigenvalue weighted by Crippen LogP contribution is 2.25. The van der Waals surface area contributed by atoms with Crippen molar-refractivity contribution in [3.8, 4) is 0 Å². The van der Waals surface area contributed by atoms with Crippen LogP contribution in [0.4, 0.5) is 0 Å². The normalized spacial score (nSPS) is 35.3. The minimum atomic E-state index is -0.284. The Balaban J connectivity index is 2.43. The van der Waals surface area contributed by atoms with Gasteiger partial charge in [-0.3, -0.25) is 0 Å². The molecule has 3 nitrogen and oxygen atoms in total. The van der Waals surface area contributed by atoms with Crippen molar-refractivity contribution in [1.29, 1.82) is 0 Å². The van der Waals surface area contributed by atoms with Crippen LogP contribution in [-0.4, -0.2) is 30.5 Å². The van der Waals surface area contributed by atoms with Crippen LogP contribution in [0.3, 0.4) is 0 Å².